The van der Waals surface area contributed by atoms with Crippen molar-refractivity contribution in [2.75, 3.05) is 13.1 Å². The minimum absolute atomic E-state index is 0.0299. The van der Waals surface area contributed by atoms with Crippen LogP contribution in [0.3, 0.4) is 0 Å². The molecule has 0 saturated carbocycles. The van der Waals surface area contributed by atoms with Gasteiger partial charge in [-0.05, 0) is 42.7 Å². The van der Waals surface area contributed by atoms with Crippen LogP contribution in [0.1, 0.15) is 29.0 Å². The highest BCUT2D eigenvalue weighted by atomic mass is 16.3. The molecule has 0 saturated heterocycles. The molecule has 0 unspecified atom stereocenters. The number of aromatic nitrogens is 2. The zero-order valence-electron chi connectivity index (χ0n) is 14.9. The summed E-state index contributed by atoms with van der Waals surface area (Å²) < 4.78 is 6.82. The minimum Gasteiger partial charge on any atom is -0.459 e. The Bertz CT molecular complexity index is 857. The zero-order valence-corrected chi connectivity index (χ0v) is 14.9. The van der Waals surface area contributed by atoms with Crippen molar-refractivity contribution in [3.05, 3.63) is 72.4 Å². The van der Waals surface area contributed by atoms with Crippen LogP contribution in [0.5, 0.6) is 0 Å². The number of carbonyl (C=O) groups excluding carboxylic acids is 2. The van der Waals surface area contributed by atoms with Crippen LogP contribution in [0.2, 0.25) is 0 Å². The van der Waals surface area contributed by atoms with Crippen LogP contribution in [0.15, 0.2) is 65.5 Å². The van der Waals surface area contributed by atoms with Crippen LogP contribution in [0, 0.1) is 0 Å². The molecule has 27 heavy (non-hydrogen) atoms. The summed E-state index contributed by atoms with van der Waals surface area (Å²) in [5, 5.41) is 9.94. The molecular weight excluding hydrogens is 344 g/mol. The van der Waals surface area contributed by atoms with Gasteiger partial charge in [-0.3, -0.25) is 9.59 Å². The molecule has 7 nitrogen and oxygen atoms in total. The van der Waals surface area contributed by atoms with Crippen molar-refractivity contribution in [3.63, 3.8) is 0 Å². The van der Waals surface area contributed by atoms with Gasteiger partial charge in [-0.2, -0.15) is 5.10 Å². The third kappa shape index (κ3) is 5.57. The number of para-hydroxylation sites is 1. The predicted octanol–water partition coefficient (Wildman–Crippen LogP) is 2.33. The lowest BCUT2D eigenvalue weighted by molar-refractivity contribution is -0.121. The molecule has 0 fully saturated rings. The van der Waals surface area contributed by atoms with Gasteiger partial charge in [0.15, 0.2) is 5.76 Å². The van der Waals surface area contributed by atoms with E-state index in [4.69, 9.17) is 4.42 Å². The molecule has 3 rings (SSSR count). The third-order valence-corrected chi connectivity index (χ3v) is 4.00. The SMILES string of the molecule is O=C(CCCNC(=O)c1ccco1)NCCc1cnn(-c2ccccc2)c1. The Kier molecular flexibility index (Phi) is 6.40. The summed E-state index contributed by atoms with van der Waals surface area (Å²) in [7, 11) is 0. The van der Waals surface area contributed by atoms with E-state index in [2.05, 4.69) is 15.7 Å². The lowest BCUT2D eigenvalue weighted by Crippen LogP contribution is -2.28. The molecular formula is C20H22N4O3. The quantitative estimate of drug-likeness (QED) is 0.569. The summed E-state index contributed by atoms with van der Waals surface area (Å²) in [5.74, 6) is -0.0240. The van der Waals surface area contributed by atoms with Crippen molar-refractivity contribution in [3.8, 4) is 5.69 Å². The van der Waals surface area contributed by atoms with E-state index in [0.717, 1.165) is 11.3 Å². The van der Waals surface area contributed by atoms with Gasteiger partial charge >= 0.3 is 0 Å². The number of benzene rings is 1. The van der Waals surface area contributed by atoms with Gasteiger partial charge in [-0.15, -0.1) is 0 Å². The lowest BCUT2D eigenvalue weighted by Gasteiger charge is -2.05. The summed E-state index contributed by atoms with van der Waals surface area (Å²) in [6, 6.07) is 13.1. The number of carbonyl (C=O) groups is 2. The second-order valence-electron chi connectivity index (χ2n) is 6.07. The average molecular weight is 366 g/mol. The fourth-order valence-corrected chi connectivity index (χ4v) is 2.59. The number of furan rings is 1. The summed E-state index contributed by atoms with van der Waals surface area (Å²) in [5.41, 5.74) is 2.06. The van der Waals surface area contributed by atoms with Crippen LogP contribution >= 0.6 is 0 Å². The second kappa shape index (κ2) is 9.38. The zero-order chi connectivity index (χ0) is 18.9. The Hall–Kier alpha value is -3.35. The summed E-state index contributed by atoms with van der Waals surface area (Å²) in [4.78, 5) is 23.5. The molecule has 2 heterocycles. The summed E-state index contributed by atoms with van der Waals surface area (Å²) >= 11 is 0. The molecule has 0 aliphatic carbocycles. The molecule has 2 amide bonds. The van der Waals surface area contributed by atoms with Gasteiger partial charge < -0.3 is 15.1 Å². The van der Waals surface area contributed by atoms with E-state index >= 15 is 0 Å². The largest absolute Gasteiger partial charge is 0.459 e. The first-order valence-corrected chi connectivity index (χ1v) is 8.90. The van der Waals surface area contributed by atoms with Gasteiger partial charge in [0.1, 0.15) is 0 Å². The number of nitrogens with zero attached hydrogens (tertiary/aromatic N) is 2. The first-order chi connectivity index (χ1) is 13.2. The van der Waals surface area contributed by atoms with E-state index in [-0.39, 0.29) is 17.6 Å². The number of hydrogen-bond donors (Lipinski definition) is 2. The molecule has 7 heteroatoms. The molecule has 140 valence electrons. The van der Waals surface area contributed by atoms with Crippen LogP contribution < -0.4 is 10.6 Å². The van der Waals surface area contributed by atoms with Crippen LogP contribution in [0.25, 0.3) is 5.69 Å². The molecule has 0 aliphatic heterocycles. The van der Waals surface area contributed by atoms with Crippen LogP contribution in [0.4, 0.5) is 0 Å². The van der Waals surface area contributed by atoms with E-state index in [1.54, 1.807) is 12.1 Å². The fraction of sp³-hybridized carbons (Fsp3) is 0.250. The van der Waals surface area contributed by atoms with Gasteiger partial charge in [0, 0.05) is 25.7 Å². The molecule has 1 aromatic carbocycles. The van der Waals surface area contributed by atoms with E-state index in [0.29, 0.717) is 32.4 Å². The minimum atomic E-state index is -0.268. The van der Waals surface area contributed by atoms with E-state index in [1.165, 1.54) is 6.26 Å². The number of rotatable bonds is 9. The Morgan fingerprint density at radius 1 is 1.04 bits per heavy atom. The molecule has 2 aromatic heterocycles. The van der Waals surface area contributed by atoms with Crippen molar-refractivity contribution in [1.82, 2.24) is 20.4 Å². The van der Waals surface area contributed by atoms with Crippen molar-refractivity contribution in [1.29, 1.82) is 0 Å². The van der Waals surface area contributed by atoms with E-state index < -0.39 is 0 Å². The Morgan fingerprint density at radius 2 is 1.89 bits per heavy atom. The van der Waals surface area contributed by atoms with E-state index in [9.17, 15) is 9.59 Å². The standard InChI is InChI=1S/C20H22N4O3/c25-19(9-4-11-22-20(26)18-8-5-13-27-18)21-12-10-16-14-23-24(15-16)17-6-2-1-3-7-17/h1-3,5-8,13-15H,4,9-12H2,(H,21,25)(H,22,26). The second-order valence-corrected chi connectivity index (χ2v) is 6.07. The maximum absolute atomic E-state index is 11.9. The van der Waals surface area contributed by atoms with Crippen molar-refractivity contribution in [2.24, 2.45) is 0 Å². The maximum Gasteiger partial charge on any atom is 0.286 e. The summed E-state index contributed by atoms with van der Waals surface area (Å²) in [6.45, 7) is 0.981. The van der Waals surface area contributed by atoms with Gasteiger partial charge in [0.25, 0.3) is 5.91 Å². The lowest BCUT2D eigenvalue weighted by atomic mass is 10.2. The Labute approximate surface area is 157 Å². The normalized spacial score (nSPS) is 10.5. The first-order valence-electron chi connectivity index (χ1n) is 8.90. The fourth-order valence-electron chi connectivity index (χ4n) is 2.59. The molecule has 0 radical (unpaired) electrons. The van der Waals surface area contributed by atoms with Crippen molar-refractivity contribution < 1.29 is 14.0 Å². The smallest absolute Gasteiger partial charge is 0.286 e. The molecule has 0 atom stereocenters. The third-order valence-electron chi connectivity index (χ3n) is 4.00. The monoisotopic (exact) mass is 366 g/mol. The molecule has 0 spiro atoms. The number of hydrogen-bond acceptors (Lipinski definition) is 4. The van der Waals surface area contributed by atoms with Gasteiger partial charge in [-0.1, -0.05) is 18.2 Å². The maximum atomic E-state index is 11.9. The molecule has 3 aromatic rings. The van der Waals surface area contributed by atoms with Gasteiger partial charge in [0.2, 0.25) is 5.91 Å². The molecule has 0 aliphatic rings. The highest BCUT2D eigenvalue weighted by molar-refractivity contribution is 5.91. The number of nitrogens with one attached hydrogen (secondary N) is 2. The van der Waals surface area contributed by atoms with E-state index in [1.807, 2.05) is 47.4 Å². The predicted molar refractivity (Wildman–Crippen MR) is 101 cm³/mol. The summed E-state index contributed by atoms with van der Waals surface area (Å²) in [6.07, 6.45) is 6.88. The number of amides is 2. The Balaban J connectivity index is 1.31. The highest BCUT2D eigenvalue weighted by Gasteiger charge is 2.08. The topological polar surface area (TPSA) is 89.2 Å². The molecule has 0 bridgehead atoms. The first kappa shape index (κ1) is 18.4. The highest BCUT2D eigenvalue weighted by Crippen LogP contribution is 2.07. The van der Waals surface area contributed by atoms with Crippen molar-refractivity contribution in [2.45, 2.75) is 19.3 Å². The Morgan fingerprint density at radius 3 is 2.67 bits per heavy atom. The van der Waals surface area contributed by atoms with Gasteiger partial charge in [-0.25, -0.2) is 4.68 Å². The average Bonchev–Trinajstić information content (AvgIpc) is 3.38. The van der Waals surface area contributed by atoms with Crippen LogP contribution in [-0.4, -0.2) is 34.7 Å². The van der Waals surface area contributed by atoms with Gasteiger partial charge in [0.05, 0.1) is 18.1 Å². The van der Waals surface area contributed by atoms with Crippen LogP contribution in [-0.2, 0) is 11.2 Å². The van der Waals surface area contributed by atoms with Crippen molar-refractivity contribution >= 4 is 11.8 Å². The molecule has 2 N–H and O–H groups in total.